The van der Waals surface area contributed by atoms with Crippen molar-refractivity contribution in [1.82, 2.24) is 26.2 Å². The number of hydrogen-bond donors (Lipinski definition) is 4. The minimum absolute atomic E-state index is 0.172. The van der Waals surface area contributed by atoms with E-state index in [1.165, 1.54) is 0 Å². The van der Waals surface area contributed by atoms with E-state index in [2.05, 4.69) is 55.0 Å². The van der Waals surface area contributed by atoms with Crippen LogP contribution in [0, 0.1) is 27.6 Å². The number of nitrogens with zero attached hydrogens (tertiary/aromatic N) is 2. The highest BCUT2D eigenvalue weighted by Crippen LogP contribution is 2.55. The predicted molar refractivity (Wildman–Crippen MR) is 248 cm³/mol. The number of carbonyl (C=O) groups is 4. The van der Waals surface area contributed by atoms with Gasteiger partial charge in [-0.05, 0) is 79.8 Å². The van der Waals surface area contributed by atoms with Crippen LogP contribution in [0.3, 0.4) is 0 Å². The van der Waals surface area contributed by atoms with E-state index in [0.29, 0.717) is 79.9 Å². The Balaban J connectivity index is 0.944. The Hall–Kier alpha value is -5.20. The lowest BCUT2D eigenvalue weighted by Gasteiger charge is -2.63. The molecule has 1 unspecified atom stereocenters. The fourth-order valence-electron chi connectivity index (χ4n) is 9.74. The summed E-state index contributed by atoms with van der Waals surface area (Å²) in [5.74, 6) is 0.203. The third-order valence-corrected chi connectivity index (χ3v) is 13.5. The topological polar surface area (TPSA) is 180 Å². The Morgan fingerprint density at radius 2 is 1.60 bits per heavy atom. The van der Waals surface area contributed by atoms with Crippen LogP contribution in [0.2, 0.25) is 5.02 Å². The zero-order valence-electron chi connectivity index (χ0n) is 39.1. The van der Waals surface area contributed by atoms with Gasteiger partial charge in [0.05, 0.1) is 48.6 Å². The highest BCUT2D eigenvalue weighted by atomic mass is 35.5. The average Bonchev–Trinajstić information content (AvgIpc) is 3.90. The van der Waals surface area contributed by atoms with E-state index in [0.717, 1.165) is 11.1 Å². The number of benzene rings is 3. The Kier molecular flexibility index (Phi) is 15.6. The number of likely N-dealkylation sites (tertiary alicyclic amines) is 1. The van der Waals surface area contributed by atoms with Gasteiger partial charge in [0.2, 0.25) is 17.7 Å². The number of carbonyl (C=O) groups excluding carboxylic acids is 4. The van der Waals surface area contributed by atoms with Gasteiger partial charge in [0.15, 0.2) is 0 Å². The van der Waals surface area contributed by atoms with Gasteiger partial charge in [0.1, 0.15) is 42.4 Å². The van der Waals surface area contributed by atoms with Gasteiger partial charge in [-0.3, -0.25) is 19.2 Å². The van der Waals surface area contributed by atoms with Crippen molar-refractivity contribution in [2.45, 2.75) is 117 Å². The van der Waals surface area contributed by atoms with Crippen LogP contribution in [-0.2, 0) is 30.3 Å². The summed E-state index contributed by atoms with van der Waals surface area (Å²) < 4.78 is 24.4. The van der Waals surface area contributed by atoms with Crippen LogP contribution in [0.1, 0.15) is 101 Å². The molecule has 3 aromatic carbocycles. The Morgan fingerprint density at radius 1 is 0.923 bits per heavy atom. The second-order valence-electron chi connectivity index (χ2n) is 19.6. The molecule has 1 saturated heterocycles. The number of nitrogens with one attached hydrogen (secondary N) is 4. The van der Waals surface area contributed by atoms with Crippen molar-refractivity contribution in [1.29, 1.82) is 5.26 Å². The summed E-state index contributed by atoms with van der Waals surface area (Å²) in [6, 6.07) is 19.5. The Bertz CT molecular complexity index is 2220. The second-order valence-corrected chi connectivity index (χ2v) is 20.0. The van der Waals surface area contributed by atoms with Crippen LogP contribution < -0.4 is 30.7 Å². The van der Waals surface area contributed by atoms with Gasteiger partial charge < -0.3 is 45.1 Å². The van der Waals surface area contributed by atoms with E-state index >= 15 is 0 Å². The smallest absolute Gasteiger partial charge is 0.251 e. The number of nitriles is 1. The van der Waals surface area contributed by atoms with Crippen molar-refractivity contribution < 1.29 is 38.1 Å². The summed E-state index contributed by atoms with van der Waals surface area (Å²) >= 11 is 6.24. The zero-order valence-corrected chi connectivity index (χ0v) is 39.8. The molecule has 4 amide bonds. The van der Waals surface area contributed by atoms with Crippen molar-refractivity contribution in [2.24, 2.45) is 16.2 Å². The van der Waals surface area contributed by atoms with Gasteiger partial charge in [-0.15, -0.1) is 0 Å². The summed E-state index contributed by atoms with van der Waals surface area (Å²) in [6.07, 6.45) is 1.29. The van der Waals surface area contributed by atoms with E-state index in [1.807, 2.05) is 45.0 Å². The van der Waals surface area contributed by atoms with Gasteiger partial charge in [0.25, 0.3) is 5.91 Å². The number of ether oxygens (including phenoxy) is 4. The normalized spacial score (nSPS) is 22.7. The van der Waals surface area contributed by atoms with Gasteiger partial charge >= 0.3 is 0 Å². The summed E-state index contributed by atoms with van der Waals surface area (Å²) in [5, 5.41) is 21.8. The lowest BCUT2D eigenvalue weighted by molar-refractivity contribution is -0.164. The molecule has 1 saturated carbocycles. The molecular weight excluding hydrogens is 848 g/mol. The Morgan fingerprint density at radius 3 is 2.26 bits per heavy atom. The van der Waals surface area contributed by atoms with Crippen LogP contribution in [-0.4, -0.2) is 105 Å². The van der Waals surface area contributed by atoms with Crippen molar-refractivity contribution >= 4 is 35.2 Å². The standard InChI is InChI=1S/C50H65ClN6O8/c1-30(53-9)42(58)55-41(48(2,3)4)45(61)57-22-12-15-38(57)44(60)54-40-36-14-11-10-13-32(36)27-39(40)64-26-24-62-23-25-63-34-19-16-31(17-20-34)43(59)56-46-49(5,6)47(50(46,7)8)65-35-21-18-33(29-52)37(51)28-35/h10-11,13-14,16-21,28,30,38-41,46-47,53H,12,15,22-27H2,1-9H3,(H,54,60)(H,55,58)(H,56,59)/t30-,38-,39+,40-,41?,46-,47-/m0/s1. The number of amides is 4. The highest BCUT2D eigenvalue weighted by Gasteiger charge is 2.64. The number of hydrogen-bond acceptors (Lipinski definition) is 10. The quantitative estimate of drug-likeness (QED) is 0.108. The minimum atomic E-state index is -0.800. The first-order chi connectivity index (χ1) is 30.8. The maximum Gasteiger partial charge on any atom is 0.251 e. The van der Waals surface area contributed by atoms with Gasteiger partial charge in [-0.2, -0.15) is 5.26 Å². The summed E-state index contributed by atoms with van der Waals surface area (Å²) in [5.41, 5.74) is 1.61. The molecule has 0 spiro atoms. The van der Waals surface area contributed by atoms with Crippen LogP contribution in [0.4, 0.5) is 0 Å². The molecule has 2 aliphatic carbocycles. The highest BCUT2D eigenvalue weighted by molar-refractivity contribution is 6.31. The van der Waals surface area contributed by atoms with Crippen molar-refractivity contribution in [3.8, 4) is 17.6 Å². The molecule has 3 aliphatic rings. The molecule has 3 aromatic rings. The fourth-order valence-corrected chi connectivity index (χ4v) is 9.95. The van der Waals surface area contributed by atoms with E-state index in [4.69, 9.17) is 30.5 Å². The fraction of sp³-hybridized carbons (Fsp3) is 0.540. The zero-order chi connectivity index (χ0) is 47.3. The molecule has 1 heterocycles. The first-order valence-electron chi connectivity index (χ1n) is 22.5. The summed E-state index contributed by atoms with van der Waals surface area (Å²) in [7, 11) is 1.69. The van der Waals surface area contributed by atoms with Crippen LogP contribution in [0.25, 0.3) is 0 Å². The predicted octanol–water partition coefficient (Wildman–Crippen LogP) is 6.15. The number of halogens is 1. The van der Waals surface area contributed by atoms with E-state index < -0.39 is 40.4 Å². The molecule has 1 aliphatic heterocycles. The maximum atomic E-state index is 14.0. The minimum Gasteiger partial charge on any atom is -0.491 e. The molecule has 0 bridgehead atoms. The van der Waals surface area contributed by atoms with Crippen LogP contribution in [0.15, 0.2) is 66.7 Å². The van der Waals surface area contributed by atoms with Crippen LogP contribution in [0.5, 0.6) is 11.5 Å². The average molecular weight is 914 g/mol. The monoisotopic (exact) mass is 912 g/mol. The van der Waals surface area contributed by atoms with E-state index in [1.54, 1.807) is 61.3 Å². The van der Waals surface area contributed by atoms with Gasteiger partial charge in [-0.25, -0.2) is 0 Å². The molecule has 0 radical (unpaired) electrons. The van der Waals surface area contributed by atoms with E-state index in [-0.39, 0.29) is 41.9 Å². The van der Waals surface area contributed by atoms with Crippen molar-refractivity contribution in [3.05, 3.63) is 94.0 Å². The molecular formula is C50H65ClN6O8. The summed E-state index contributed by atoms with van der Waals surface area (Å²) in [4.78, 5) is 55.9. The molecule has 350 valence electrons. The van der Waals surface area contributed by atoms with Gasteiger partial charge in [0, 0.05) is 41.5 Å². The maximum absolute atomic E-state index is 14.0. The molecule has 0 aromatic heterocycles. The largest absolute Gasteiger partial charge is 0.491 e. The molecule has 65 heavy (non-hydrogen) atoms. The lowest BCUT2D eigenvalue weighted by Crippen LogP contribution is -2.74. The molecule has 2 fully saturated rings. The first-order valence-corrected chi connectivity index (χ1v) is 22.9. The van der Waals surface area contributed by atoms with Crippen molar-refractivity contribution in [2.75, 3.05) is 40.0 Å². The lowest BCUT2D eigenvalue weighted by atomic mass is 9.49. The third-order valence-electron chi connectivity index (χ3n) is 13.1. The molecule has 6 rings (SSSR count). The molecule has 4 N–H and O–H groups in total. The van der Waals surface area contributed by atoms with Crippen molar-refractivity contribution in [3.63, 3.8) is 0 Å². The third kappa shape index (κ3) is 11.1. The van der Waals surface area contributed by atoms with E-state index in [9.17, 15) is 24.4 Å². The second kappa shape index (κ2) is 20.5. The molecule has 5 atom stereocenters. The number of rotatable bonds is 18. The molecule has 14 nitrogen and oxygen atoms in total. The summed E-state index contributed by atoms with van der Waals surface area (Å²) in [6.45, 7) is 17.4. The Labute approximate surface area is 388 Å². The number of likely N-dealkylation sites (N-methyl/N-ethyl adjacent to an activating group) is 1. The SMILES string of the molecule is CN[C@@H](C)C(=O)NC(C(=O)N1CCC[C@H]1C(=O)N[C@H]1c2ccccc2C[C@H]1OCCOCCOc1ccc(C(=O)N[C@H]2C(C)(C)[C@H](Oc3ccc(C#N)c(Cl)c3)C2(C)C)cc1)C(C)(C)C. The van der Waals surface area contributed by atoms with Gasteiger partial charge in [-0.1, -0.05) is 84.3 Å². The van der Waals surface area contributed by atoms with Crippen LogP contribution >= 0.6 is 11.6 Å². The first kappa shape index (κ1) is 49.2. The number of fused-ring (bicyclic) bond motifs is 1. The molecule has 15 heteroatoms.